The largest absolute Gasteiger partial charge is 0.335 e. The zero-order valence-electron chi connectivity index (χ0n) is 9.45. The van der Waals surface area contributed by atoms with Gasteiger partial charge in [0.2, 0.25) is 0 Å². The van der Waals surface area contributed by atoms with Crippen molar-refractivity contribution in [3.05, 3.63) is 30.4 Å². The number of hydrogen-bond acceptors (Lipinski definition) is 1. The minimum Gasteiger partial charge on any atom is -0.335 e. The van der Waals surface area contributed by atoms with Gasteiger partial charge in [0.25, 0.3) is 0 Å². The summed E-state index contributed by atoms with van der Waals surface area (Å²) in [7, 11) is 0. The third-order valence-corrected chi connectivity index (χ3v) is 2.63. The molecule has 2 nitrogen and oxygen atoms in total. The molecule has 0 saturated carbocycles. The summed E-state index contributed by atoms with van der Waals surface area (Å²) in [6, 6.07) is 0. The quantitative estimate of drug-likeness (QED) is 0.656. The Morgan fingerprint density at radius 3 is 2.86 bits per heavy atom. The van der Waals surface area contributed by atoms with Gasteiger partial charge in [-0.3, -0.25) is 0 Å². The summed E-state index contributed by atoms with van der Waals surface area (Å²) in [5.74, 6) is 1.76. The fourth-order valence-electron chi connectivity index (χ4n) is 1.42. The van der Waals surface area contributed by atoms with E-state index in [1.54, 1.807) is 0 Å². The van der Waals surface area contributed by atoms with Gasteiger partial charge in [-0.2, -0.15) is 0 Å². The summed E-state index contributed by atoms with van der Waals surface area (Å²) in [5.41, 5.74) is 1.32. The second kappa shape index (κ2) is 4.99. The Hall–Kier alpha value is -1.05. The van der Waals surface area contributed by atoms with Crippen LogP contribution in [0.15, 0.2) is 24.5 Å². The molecule has 1 heterocycles. The maximum Gasteiger partial charge on any atom is 0.108 e. The zero-order chi connectivity index (χ0) is 10.6. The number of allylic oxidation sites excluding steroid dienone is 1. The van der Waals surface area contributed by atoms with Gasteiger partial charge in [-0.05, 0) is 19.3 Å². The van der Waals surface area contributed by atoms with Crippen molar-refractivity contribution in [2.45, 2.75) is 40.2 Å². The topological polar surface area (TPSA) is 17.8 Å². The van der Waals surface area contributed by atoms with E-state index in [0.29, 0.717) is 5.92 Å². The molecule has 0 saturated heterocycles. The molecule has 0 aromatic carbocycles. The summed E-state index contributed by atoms with van der Waals surface area (Å²) in [6.45, 7) is 11.6. The van der Waals surface area contributed by atoms with Crippen molar-refractivity contribution in [3.63, 3.8) is 0 Å². The van der Waals surface area contributed by atoms with E-state index < -0.39 is 0 Å². The zero-order valence-corrected chi connectivity index (χ0v) is 9.45. The van der Waals surface area contributed by atoms with Crippen molar-refractivity contribution in [1.82, 2.24) is 9.55 Å². The maximum atomic E-state index is 4.34. The second-order valence-electron chi connectivity index (χ2n) is 3.94. The molecule has 0 aliphatic rings. The number of aromatic nitrogens is 2. The third-order valence-electron chi connectivity index (χ3n) is 2.63. The Bertz CT molecular complexity index is 297. The number of hydrogen-bond donors (Lipinski definition) is 0. The first kappa shape index (κ1) is 11.0. The minimum absolute atomic E-state index is 0.583. The first-order valence-corrected chi connectivity index (χ1v) is 5.32. The van der Waals surface area contributed by atoms with Gasteiger partial charge in [0.05, 0.1) is 0 Å². The molecule has 0 fully saturated rings. The van der Waals surface area contributed by atoms with Crippen LogP contribution in [0.3, 0.4) is 0 Å². The Morgan fingerprint density at radius 2 is 2.29 bits per heavy atom. The molecule has 0 amide bonds. The fraction of sp³-hybridized carbons (Fsp3) is 0.583. The number of aryl methyl sites for hydroxylation is 2. The van der Waals surface area contributed by atoms with Crippen molar-refractivity contribution in [1.29, 1.82) is 0 Å². The minimum atomic E-state index is 0.583. The first-order valence-electron chi connectivity index (χ1n) is 5.32. The predicted octanol–water partition coefficient (Wildman–Crippen LogP) is 3.05. The van der Waals surface area contributed by atoms with E-state index >= 15 is 0 Å². The van der Waals surface area contributed by atoms with Gasteiger partial charge in [-0.15, -0.1) is 0 Å². The molecule has 78 valence electrons. The van der Waals surface area contributed by atoms with Crippen LogP contribution in [-0.4, -0.2) is 9.55 Å². The lowest BCUT2D eigenvalue weighted by Crippen LogP contribution is -2.03. The molecule has 14 heavy (non-hydrogen) atoms. The summed E-state index contributed by atoms with van der Waals surface area (Å²) in [4.78, 5) is 4.34. The van der Waals surface area contributed by atoms with Crippen LogP contribution in [-0.2, 0) is 13.0 Å². The van der Waals surface area contributed by atoms with Crippen molar-refractivity contribution >= 4 is 0 Å². The molecule has 2 heteroatoms. The van der Waals surface area contributed by atoms with E-state index in [2.05, 4.69) is 36.9 Å². The summed E-state index contributed by atoms with van der Waals surface area (Å²) >= 11 is 0. The molecule has 1 rings (SSSR count). The molecule has 0 radical (unpaired) electrons. The Labute approximate surface area is 86.7 Å². The molecule has 0 spiro atoms. The Morgan fingerprint density at radius 1 is 1.57 bits per heavy atom. The average molecular weight is 192 g/mol. The van der Waals surface area contributed by atoms with Crippen molar-refractivity contribution in [2.24, 2.45) is 5.92 Å². The summed E-state index contributed by atoms with van der Waals surface area (Å²) in [5, 5.41) is 0. The monoisotopic (exact) mass is 192 g/mol. The van der Waals surface area contributed by atoms with Gasteiger partial charge >= 0.3 is 0 Å². The first-order chi connectivity index (χ1) is 6.65. The van der Waals surface area contributed by atoms with E-state index in [-0.39, 0.29) is 0 Å². The normalized spacial score (nSPS) is 10.9. The van der Waals surface area contributed by atoms with Crippen molar-refractivity contribution in [3.8, 4) is 0 Å². The number of imidazole rings is 1. The molecular formula is C12H20N2. The van der Waals surface area contributed by atoms with E-state index in [1.807, 2.05) is 12.4 Å². The predicted molar refractivity (Wildman–Crippen MR) is 60.2 cm³/mol. The number of rotatable bonds is 5. The van der Waals surface area contributed by atoms with E-state index in [4.69, 9.17) is 0 Å². The molecule has 1 aromatic rings. The van der Waals surface area contributed by atoms with Gasteiger partial charge in [0.15, 0.2) is 0 Å². The Balaban J connectivity index is 2.49. The lowest BCUT2D eigenvalue weighted by molar-refractivity contribution is 0.657. The van der Waals surface area contributed by atoms with Gasteiger partial charge in [-0.1, -0.05) is 26.0 Å². The average Bonchev–Trinajstić information content (AvgIpc) is 2.60. The van der Waals surface area contributed by atoms with Crippen LogP contribution in [0.2, 0.25) is 0 Å². The fourth-order valence-corrected chi connectivity index (χ4v) is 1.42. The maximum absolute atomic E-state index is 4.34. The highest BCUT2D eigenvalue weighted by atomic mass is 15.0. The SMILES string of the molecule is C=C(CCc1nccn1CC)C(C)C. The van der Waals surface area contributed by atoms with Gasteiger partial charge in [0.1, 0.15) is 5.82 Å². The highest BCUT2D eigenvalue weighted by Gasteiger charge is 2.04. The molecule has 0 unspecified atom stereocenters. The smallest absolute Gasteiger partial charge is 0.108 e. The molecule has 1 aromatic heterocycles. The van der Waals surface area contributed by atoms with Gasteiger partial charge in [0, 0.05) is 25.4 Å². The van der Waals surface area contributed by atoms with Crippen LogP contribution >= 0.6 is 0 Å². The highest BCUT2D eigenvalue weighted by molar-refractivity contribution is 5.02. The lowest BCUT2D eigenvalue weighted by atomic mass is 10.0. The molecule has 0 bridgehead atoms. The third kappa shape index (κ3) is 2.72. The van der Waals surface area contributed by atoms with E-state index in [0.717, 1.165) is 19.4 Å². The molecule has 0 aliphatic carbocycles. The molecule has 0 N–H and O–H groups in total. The van der Waals surface area contributed by atoms with E-state index in [1.165, 1.54) is 11.4 Å². The summed E-state index contributed by atoms with van der Waals surface area (Å²) < 4.78 is 2.19. The molecular weight excluding hydrogens is 172 g/mol. The van der Waals surface area contributed by atoms with Crippen LogP contribution in [0.5, 0.6) is 0 Å². The van der Waals surface area contributed by atoms with Crippen LogP contribution in [0, 0.1) is 5.92 Å². The van der Waals surface area contributed by atoms with Gasteiger partial charge < -0.3 is 4.57 Å². The lowest BCUT2D eigenvalue weighted by Gasteiger charge is -2.09. The number of nitrogens with zero attached hydrogens (tertiary/aromatic N) is 2. The summed E-state index contributed by atoms with van der Waals surface area (Å²) in [6.07, 6.45) is 5.97. The van der Waals surface area contributed by atoms with E-state index in [9.17, 15) is 0 Å². The van der Waals surface area contributed by atoms with Crippen LogP contribution in [0.1, 0.15) is 33.0 Å². The highest BCUT2D eigenvalue weighted by Crippen LogP contribution is 2.14. The van der Waals surface area contributed by atoms with Crippen molar-refractivity contribution in [2.75, 3.05) is 0 Å². The van der Waals surface area contributed by atoms with Crippen LogP contribution in [0.25, 0.3) is 0 Å². The molecule has 0 atom stereocenters. The van der Waals surface area contributed by atoms with Crippen molar-refractivity contribution < 1.29 is 0 Å². The Kier molecular flexibility index (Phi) is 3.93. The molecule has 0 aliphatic heterocycles. The standard InChI is InChI=1S/C12H20N2/c1-5-14-9-8-13-12(14)7-6-11(4)10(2)3/h8-10H,4-7H2,1-3H3. The van der Waals surface area contributed by atoms with Crippen LogP contribution in [0.4, 0.5) is 0 Å². The van der Waals surface area contributed by atoms with Gasteiger partial charge in [-0.25, -0.2) is 4.98 Å². The second-order valence-corrected chi connectivity index (χ2v) is 3.94. The van der Waals surface area contributed by atoms with Crippen LogP contribution < -0.4 is 0 Å².